The summed E-state index contributed by atoms with van der Waals surface area (Å²) in [6.07, 6.45) is 0. The number of ether oxygens (including phenoxy) is 1. The minimum atomic E-state index is -0.518. The molecule has 1 aromatic heterocycles. The zero-order valence-corrected chi connectivity index (χ0v) is 11.0. The summed E-state index contributed by atoms with van der Waals surface area (Å²) in [5, 5.41) is 5.53. The van der Waals surface area contributed by atoms with Gasteiger partial charge < -0.3 is 15.8 Å². The molecular formula is C13H14N2O3S. The molecule has 100 valence electrons. The minimum Gasteiger partial charge on any atom is -0.370 e. The van der Waals surface area contributed by atoms with Crippen LogP contribution >= 0.6 is 11.3 Å². The second-order valence-corrected chi connectivity index (χ2v) is 4.83. The fraction of sp³-hybridized carbons (Fsp3) is 0.231. The molecule has 2 rings (SSSR count). The van der Waals surface area contributed by atoms with Crippen LogP contribution in [0.5, 0.6) is 0 Å². The van der Waals surface area contributed by atoms with E-state index < -0.39 is 5.91 Å². The Hall–Kier alpha value is -1.92. The summed E-state index contributed by atoms with van der Waals surface area (Å²) < 4.78 is 6.04. The van der Waals surface area contributed by atoms with Crippen molar-refractivity contribution < 1.29 is 14.3 Å². The maximum Gasteiger partial charge on any atom is 0.252 e. The van der Waals surface area contributed by atoms with Gasteiger partial charge in [0.25, 0.3) is 5.91 Å². The average molecular weight is 278 g/mol. The maximum absolute atomic E-state index is 12.0. The van der Waals surface area contributed by atoms with E-state index >= 15 is 0 Å². The van der Waals surface area contributed by atoms with Crippen LogP contribution in [0.4, 0.5) is 0 Å². The number of benzene rings is 1. The van der Waals surface area contributed by atoms with E-state index in [1.165, 1.54) is 11.3 Å². The molecule has 1 heterocycles. The van der Waals surface area contributed by atoms with Gasteiger partial charge in [0.15, 0.2) is 0 Å². The summed E-state index contributed by atoms with van der Waals surface area (Å²) in [4.78, 5) is 22.4. The van der Waals surface area contributed by atoms with E-state index in [-0.39, 0.29) is 19.1 Å². The molecule has 0 unspecified atom stereocenters. The van der Waals surface area contributed by atoms with Crippen LogP contribution in [0.2, 0.25) is 0 Å². The van der Waals surface area contributed by atoms with Gasteiger partial charge in [0.1, 0.15) is 6.61 Å². The number of carbonyl (C=O) groups is 2. The number of rotatable bonds is 6. The van der Waals surface area contributed by atoms with E-state index in [0.29, 0.717) is 12.1 Å². The highest BCUT2D eigenvalue weighted by Crippen LogP contribution is 2.25. The number of nitrogens with two attached hydrogens (primary N) is 1. The zero-order chi connectivity index (χ0) is 13.7. The molecule has 0 saturated heterocycles. The molecular weight excluding hydrogens is 264 g/mol. The highest BCUT2D eigenvalue weighted by atomic mass is 32.1. The summed E-state index contributed by atoms with van der Waals surface area (Å²) in [5.74, 6) is -0.657. The fourth-order valence-corrected chi connectivity index (χ4v) is 2.60. The summed E-state index contributed by atoms with van der Waals surface area (Å²) in [6, 6.07) is 7.75. The van der Waals surface area contributed by atoms with Crippen LogP contribution in [-0.4, -0.2) is 31.6 Å². The Morgan fingerprint density at radius 2 is 2.11 bits per heavy atom. The highest BCUT2D eigenvalue weighted by Gasteiger charge is 2.10. The first kappa shape index (κ1) is 13.5. The van der Waals surface area contributed by atoms with Gasteiger partial charge in [0.05, 0.1) is 12.2 Å². The van der Waals surface area contributed by atoms with Crippen LogP contribution < -0.4 is 11.1 Å². The maximum atomic E-state index is 12.0. The molecule has 0 saturated carbocycles. The Bertz CT molecular complexity index is 594. The number of fused-ring (bicyclic) bond motifs is 1. The Labute approximate surface area is 114 Å². The number of hydrogen-bond donors (Lipinski definition) is 2. The third kappa shape index (κ3) is 3.52. The largest absolute Gasteiger partial charge is 0.370 e. The Kier molecular flexibility index (Phi) is 4.48. The third-order valence-electron chi connectivity index (χ3n) is 2.50. The van der Waals surface area contributed by atoms with Crippen LogP contribution in [0.25, 0.3) is 10.1 Å². The number of hydrogen-bond acceptors (Lipinski definition) is 4. The Morgan fingerprint density at radius 1 is 1.32 bits per heavy atom. The quantitative estimate of drug-likeness (QED) is 0.777. The van der Waals surface area contributed by atoms with Crippen molar-refractivity contribution in [3.05, 3.63) is 35.2 Å². The van der Waals surface area contributed by atoms with Crippen molar-refractivity contribution in [2.75, 3.05) is 19.8 Å². The topological polar surface area (TPSA) is 81.4 Å². The number of primary amides is 1. The van der Waals surface area contributed by atoms with E-state index in [9.17, 15) is 9.59 Å². The molecule has 0 fully saturated rings. The van der Waals surface area contributed by atoms with Gasteiger partial charge in [-0.15, -0.1) is 11.3 Å². The molecule has 3 N–H and O–H groups in total. The standard InChI is InChI=1S/C13H14N2O3S/c14-12(16)7-18-6-5-15-13(17)10-8-19-11-4-2-1-3-9(10)11/h1-4,8H,5-7H2,(H2,14,16)(H,15,17). The first-order chi connectivity index (χ1) is 9.18. The molecule has 6 heteroatoms. The van der Waals surface area contributed by atoms with Gasteiger partial charge in [0.2, 0.25) is 5.91 Å². The lowest BCUT2D eigenvalue weighted by atomic mass is 10.2. The van der Waals surface area contributed by atoms with E-state index in [0.717, 1.165) is 10.1 Å². The Morgan fingerprint density at radius 3 is 2.89 bits per heavy atom. The number of nitrogens with one attached hydrogen (secondary N) is 1. The van der Waals surface area contributed by atoms with Crippen molar-refractivity contribution in [2.45, 2.75) is 0 Å². The Balaban J connectivity index is 1.88. The normalized spacial score (nSPS) is 10.5. The minimum absolute atomic E-state index is 0.128. The van der Waals surface area contributed by atoms with Crippen LogP contribution in [0.15, 0.2) is 29.6 Å². The smallest absolute Gasteiger partial charge is 0.252 e. The lowest BCUT2D eigenvalue weighted by Crippen LogP contribution is -2.28. The van der Waals surface area contributed by atoms with Gasteiger partial charge in [-0.25, -0.2) is 0 Å². The van der Waals surface area contributed by atoms with E-state index in [1.54, 1.807) is 0 Å². The molecule has 1 aromatic carbocycles. The molecule has 0 radical (unpaired) electrons. The van der Waals surface area contributed by atoms with Gasteiger partial charge in [-0.1, -0.05) is 18.2 Å². The van der Waals surface area contributed by atoms with E-state index in [4.69, 9.17) is 10.5 Å². The highest BCUT2D eigenvalue weighted by molar-refractivity contribution is 7.17. The van der Waals surface area contributed by atoms with Crippen molar-refractivity contribution in [1.29, 1.82) is 0 Å². The van der Waals surface area contributed by atoms with Crippen LogP contribution in [0.3, 0.4) is 0 Å². The van der Waals surface area contributed by atoms with Crippen LogP contribution in [0, 0.1) is 0 Å². The predicted octanol–water partition coefficient (Wildman–Crippen LogP) is 1.13. The van der Waals surface area contributed by atoms with Crippen molar-refractivity contribution in [3.8, 4) is 0 Å². The van der Waals surface area contributed by atoms with E-state index in [1.807, 2.05) is 29.6 Å². The molecule has 0 aliphatic carbocycles. The first-order valence-electron chi connectivity index (χ1n) is 5.79. The lowest BCUT2D eigenvalue weighted by molar-refractivity contribution is -0.122. The summed E-state index contributed by atoms with van der Waals surface area (Å²) in [5.41, 5.74) is 5.59. The average Bonchev–Trinajstić information content (AvgIpc) is 2.81. The molecule has 19 heavy (non-hydrogen) atoms. The van der Waals surface area contributed by atoms with Crippen molar-refractivity contribution in [1.82, 2.24) is 5.32 Å². The van der Waals surface area contributed by atoms with Crippen molar-refractivity contribution in [3.63, 3.8) is 0 Å². The zero-order valence-electron chi connectivity index (χ0n) is 10.2. The summed E-state index contributed by atoms with van der Waals surface area (Å²) >= 11 is 1.54. The number of thiophene rings is 1. The van der Waals surface area contributed by atoms with Crippen molar-refractivity contribution in [2.24, 2.45) is 5.73 Å². The van der Waals surface area contributed by atoms with Gasteiger partial charge in [-0.05, 0) is 6.07 Å². The number of carbonyl (C=O) groups excluding carboxylic acids is 2. The second kappa shape index (κ2) is 6.31. The lowest BCUT2D eigenvalue weighted by Gasteiger charge is -2.04. The van der Waals surface area contributed by atoms with Gasteiger partial charge in [0, 0.05) is 22.0 Å². The molecule has 2 aromatic rings. The predicted molar refractivity (Wildman–Crippen MR) is 74.2 cm³/mol. The molecule has 0 aliphatic heterocycles. The molecule has 0 atom stereocenters. The summed E-state index contributed by atoms with van der Waals surface area (Å²) in [6.45, 7) is 0.476. The van der Waals surface area contributed by atoms with Crippen molar-refractivity contribution >= 4 is 33.2 Å². The first-order valence-corrected chi connectivity index (χ1v) is 6.67. The molecule has 2 amide bonds. The SMILES string of the molecule is NC(=O)COCCNC(=O)c1csc2ccccc12. The van der Waals surface area contributed by atoms with E-state index in [2.05, 4.69) is 5.32 Å². The molecule has 0 spiro atoms. The van der Waals surface area contributed by atoms with Gasteiger partial charge in [-0.3, -0.25) is 9.59 Å². The fourth-order valence-electron chi connectivity index (χ4n) is 1.66. The van der Waals surface area contributed by atoms with Gasteiger partial charge >= 0.3 is 0 Å². The number of amides is 2. The van der Waals surface area contributed by atoms with Crippen LogP contribution in [0.1, 0.15) is 10.4 Å². The molecule has 0 bridgehead atoms. The molecule has 5 nitrogen and oxygen atoms in total. The third-order valence-corrected chi connectivity index (χ3v) is 3.47. The monoisotopic (exact) mass is 278 g/mol. The van der Waals surface area contributed by atoms with Gasteiger partial charge in [-0.2, -0.15) is 0 Å². The molecule has 0 aliphatic rings. The summed E-state index contributed by atoms with van der Waals surface area (Å²) in [7, 11) is 0. The van der Waals surface area contributed by atoms with Crippen LogP contribution in [-0.2, 0) is 9.53 Å². The second-order valence-electron chi connectivity index (χ2n) is 3.92.